The second kappa shape index (κ2) is 5.06. The Balaban J connectivity index is 1.64. The minimum absolute atomic E-state index is 0.00655. The molecule has 2 N–H and O–H groups in total. The van der Waals surface area contributed by atoms with E-state index in [1.165, 1.54) is 0 Å². The number of carbonyl (C=O) groups excluding carboxylic acids is 1. The molecule has 0 bridgehead atoms. The summed E-state index contributed by atoms with van der Waals surface area (Å²) in [5.74, 6) is -0.00655. The molecule has 5 heteroatoms. The minimum Gasteiger partial charge on any atom is -0.376 e. The van der Waals surface area contributed by atoms with Crippen LogP contribution in [0.3, 0.4) is 0 Å². The molecule has 1 aromatic rings. The molecule has 2 aliphatic heterocycles. The SMILES string of the molecule is O=C1Nc2ccccc2C1NCC1COCCO1. The second-order valence-electron chi connectivity index (χ2n) is 4.49. The molecule has 1 fully saturated rings. The number of para-hydroxylation sites is 1. The monoisotopic (exact) mass is 248 g/mol. The van der Waals surface area contributed by atoms with Gasteiger partial charge in [-0.3, -0.25) is 10.1 Å². The summed E-state index contributed by atoms with van der Waals surface area (Å²) in [4.78, 5) is 11.9. The van der Waals surface area contributed by atoms with Gasteiger partial charge in [-0.05, 0) is 6.07 Å². The van der Waals surface area contributed by atoms with Gasteiger partial charge >= 0.3 is 0 Å². The van der Waals surface area contributed by atoms with Gasteiger partial charge in [-0.25, -0.2) is 0 Å². The van der Waals surface area contributed by atoms with Crippen LogP contribution in [0.5, 0.6) is 0 Å². The summed E-state index contributed by atoms with van der Waals surface area (Å²) >= 11 is 0. The molecule has 0 saturated carbocycles. The number of carbonyl (C=O) groups is 1. The number of nitrogens with one attached hydrogen (secondary N) is 2. The molecule has 0 spiro atoms. The zero-order valence-electron chi connectivity index (χ0n) is 10.0. The normalized spacial score (nSPS) is 26.8. The van der Waals surface area contributed by atoms with Gasteiger partial charge in [0, 0.05) is 17.8 Å². The van der Waals surface area contributed by atoms with Crippen molar-refractivity contribution in [2.75, 3.05) is 31.7 Å². The lowest BCUT2D eigenvalue weighted by molar-refractivity contribution is -0.118. The topological polar surface area (TPSA) is 59.6 Å². The van der Waals surface area contributed by atoms with Crippen molar-refractivity contribution >= 4 is 11.6 Å². The Morgan fingerprint density at radius 3 is 3.06 bits per heavy atom. The highest BCUT2D eigenvalue weighted by Crippen LogP contribution is 2.30. The lowest BCUT2D eigenvalue weighted by Crippen LogP contribution is -2.40. The van der Waals surface area contributed by atoms with Crippen molar-refractivity contribution in [2.45, 2.75) is 12.1 Å². The first-order valence-corrected chi connectivity index (χ1v) is 6.17. The molecule has 0 aromatic heterocycles. The van der Waals surface area contributed by atoms with E-state index in [1.807, 2.05) is 24.3 Å². The van der Waals surface area contributed by atoms with Gasteiger partial charge < -0.3 is 14.8 Å². The van der Waals surface area contributed by atoms with Gasteiger partial charge in [-0.1, -0.05) is 18.2 Å². The van der Waals surface area contributed by atoms with E-state index in [2.05, 4.69) is 10.6 Å². The Kier molecular flexibility index (Phi) is 3.27. The lowest BCUT2D eigenvalue weighted by Gasteiger charge is -2.24. The van der Waals surface area contributed by atoms with Crippen molar-refractivity contribution in [3.63, 3.8) is 0 Å². The van der Waals surface area contributed by atoms with E-state index >= 15 is 0 Å². The molecule has 2 atom stereocenters. The van der Waals surface area contributed by atoms with Crippen LogP contribution in [0.4, 0.5) is 5.69 Å². The van der Waals surface area contributed by atoms with Crippen molar-refractivity contribution < 1.29 is 14.3 Å². The Morgan fingerprint density at radius 1 is 1.33 bits per heavy atom. The predicted octanol–water partition coefficient (Wildman–Crippen LogP) is 0.685. The molecule has 5 nitrogen and oxygen atoms in total. The maximum atomic E-state index is 11.9. The molecular weight excluding hydrogens is 232 g/mol. The van der Waals surface area contributed by atoms with Crippen molar-refractivity contribution in [1.29, 1.82) is 0 Å². The standard InChI is InChI=1S/C13H16N2O3/c16-13-12(10-3-1-2-4-11(10)15-13)14-7-9-8-17-5-6-18-9/h1-4,9,12,14H,5-8H2,(H,15,16). The van der Waals surface area contributed by atoms with Crippen molar-refractivity contribution in [2.24, 2.45) is 0 Å². The molecule has 1 aromatic carbocycles. The fourth-order valence-electron chi connectivity index (χ4n) is 2.32. The zero-order chi connectivity index (χ0) is 12.4. The fraction of sp³-hybridized carbons (Fsp3) is 0.462. The van der Waals surface area contributed by atoms with Crippen LogP contribution in [0.15, 0.2) is 24.3 Å². The smallest absolute Gasteiger partial charge is 0.246 e. The third-order valence-electron chi connectivity index (χ3n) is 3.23. The van der Waals surface area contributed by atoms with E-state index in [0.29, 0.717) is 26.4 Å². The van der Waals surface area contributed by atoms with E-state index in [4.69, 9.17) is 9.47 Å². The van der Waals surface area contributed by atoms with Crippen LogP contribution < -0.4 is 10.6 Å². The largest absolute Gasteiger partial charge is 0.376 e. The van der Waals surface area contributed by atoms with Crippen LogP contribution in [0, 0.1) is 0 Å². The number of rotatable bonds is 3. The van der Waals surface area contributed by atoms with Crippen molar-refractivity contribution in [1.82, 2.24) is 5.32 Å². The van der Waals surface area contributed by atoms with Gasteiger partial charge in [-0.15, -0.1) is 0 Å². The molecule has 2 unspecified atom stereocenters. The summed E-state index contributed by atoms with van der Waals surface area (Å²) in [6.45, 7) is 2.48. The molecule has 18 heavy (non-hydrogen) atoms. The first-order valence-electron chi connectivity index (χ1n) is 6.17. The highest BCUT2D eigenvalue weighted by molar-refractivity contribution is 6.02. The van der Waals surface area contributed by atoms with E-state index in [-0.39, 0.29) is 18.1 Å². The number of benzene rings is 1. The maximum absolute atomic E-state index is 11.9. The lowest BCUT2D eigenvalue weighted by atomic mass is 10.1. The highest BCUT2D eigenvalue weighted by Gasteiger charge is 2.30. The summed E-state index contributed by atoms with van der Waals surface area (Å²) in [5.41, 5.74) is 1.89. The van der Waals surface area contributed by atoms with Gasteiger partial charge in [0.15, 0.2) is 0 Å². The molecule has 96 valence electrons. The number of anilines is 1. The van der Waals surface area contributed by atoms with Crippen molar-refractivity contribution in [3.05, 3.63) is 29.8 Å². The van der Waals surface area contributed by atoms with E-state index in [1.54, 1.807) is 0 Å². The average Bonchev–Trinajstić information content (AvgIpc) is 2.73. The Hall–Kier alpha value is -1.43. The van der Waals surface area contributed by atoms with E-state index < -0.39 is 0 Å². The molecule has 2 aliphatic rings. The predicted molar refractivity (Wildman–Crippen MR) is 66.4 cm³/mol. The summed E-state index contributed by atoms with van der Waals surface area (Å²) in [6.07, 6.45) is 0.0271. The number of amides is 1. The second-order valence-corrected chi connectivity index (χ2v) is 4.49. The summed E-state index contributed by atoms with van der Waals surface area (Å²) in [5, 5.41) is 6.10. The third kappa shape index (κ3) is 2.25. The van der Waals surface area contributed by atoms with Gasteiger partial charge in [0.1, 0.15) is 6.04 Å². The average molecular weight is 248 g/mol. The van der Waals surface area contributed by atoms with E-state index in [0.717, 1.165) is 11.3 Å². The molecule has 2 heterocycles. The summed E-state index contributed by atoms with van der Waals surface area (Å²) in [6, 6.07) is 7.44. The van der Waals surface area contributed by atoms with Crippen molar-refractivity contribution in [3.8, 4) is 0 Å². The molecule has 1 saturated heterocycles. The zero-order valence-corrected chi connectivity index (χ0v) is 10.0. The maximum Gasteiger partial charge on any atom is 0.246 e. The first kappa shape index (κ1) is 11.6. The number of hydrogen-bond acceptors (Lipinski definition) is 4. The number of ether oxygens (including phenoxy) is 2. The van der Waals surface area contributed by atoms with Crippen LogP contribution in [0.1, 0.15) is 11.6 Å². The number of fused-ring (bicyclic) bond motifs is 1. The van der Waals surface area contributed by atoms with Crippen LogP contribution in [0.25, 0.3) is 0 Å². The van der Waals surface area contributed by atoms with Crippen LogP contribution in [-0.2, 0) is 14.3 Å². The highest BCUT2D eigenvalue weighted by atomic mass is 16.6. The minimum atomic E-state index is -0.285. The van der Waals surface area contributed by atoms with Gasteiger partial charge in [0.2, 0.25) is 5.91 Å². The molecule has 3 rings (SSSR count). The van der Waals surface area contributed by atoms with E-state index in [9.17, 15) is 4.79 Å². The quantitative estimate of drug-likeness (QED) is 0.826. The summed E-state index contributed by atoms with van der Waals surface area (Å²) < 4.78 is 10.9. The molecular formula is C13H16N2O3. The molecule has 1 amide bonds. The fourth-order valence-corrected chi connectivity index (χ4v) is 2.32. The van der Waals surface area contributed by atoms with Crippen LogP contribution in [0.2, 0.25) is 0 Å². The number of hydrogen-bond donors (Lipinski definition) is 2. The van der Waals surface area contributed by atoms with Crippen LogP contribution >= 0.6 is 0 Å². The third-order valence-corrected chi connectivity index (χ3v) is 3.23. The molecule has 0 radical (unpaired) electrons. The molecule has 0 aliphatic carbocycles. The Bertz CT molecular complexity index is 444. The van der Waals surface area contributed by atoms with Gasteiger partial charge in [0.05, 0.1) is 25.9 Å². The van der Waals surface area contributed by atoms with Gasteiger partial charge in [0.25, 0.3) is 0 Å². The summed E-state index contributed by atoms with van der Waals surface area (Å²) in [7, 11) is 0. The van der Waals surface area contributed by atoms with Crippen LogP contribution in [-0.4, -0.2) is 38.4 Å². The Morgan fingerprint density at radius 2 is 2.22 bits per heavy atom. The van der Waals surface area contributed by atoms with Gasteiger partial charge in [-0.2, -0.15) is 0 Å². The first-order chi connectivity index (χ1) is 8.84. The Labute approximate surface area is 105 Å².